The van der Waals surface area contributed by atoms with Crippen molar-refractivity contribution in [2.45, 2.75) is 50.3 Å². The number of ether oxygens (including phenoxy) is 1. The predicted molar refractivity (Wildman–Crippen MR) is 99.0 cm³/mol. The van der Waals surface area contributed by atoms with Crippen molar-refractivity contribution in [3.05, 3.63) is 48.3 Å². The van der Waals surface area contributed by atoms with Gasteiger partial charge in [0.25, 0.3) is 0 Å². The number of hydrogen-bond acceptors (Lipinski definition) is 4. The number of nitrogens with zero attached hydrogens (tertiary/aromatic N) is 2. The van der Waals surface area contributed by atoms with E-state index < -0.39 is 5.54 Å². The van der Waals surface area contributed by atoms with Crippen LogP contribution >= 0.6 is 0 Å². The van der Waals surface area contributed by atoms with Gasteiger partial charge in [-0.2, -0.15) is 5.10 Å². The number of carbonyl (C=O) groups excluding carboxylic acids is 1. The van der Waals surface area contributed by atoms with E-state index >= 15 is 0 Å². The lowest BCUT2D eigenvalue weighted by molar-refractivity contribution is -0.133. The number of para-hydroxylation sites is 1. The van der Waals surface area contributed by atoms with E-state index in [0.29, 0.717) is 0 Å². The summed E-state index contributed by atoms with van der Waals surface area (Å²) in [5.41, 5.74) is 0.0931. The van der Waals surface area contributed by atoms with E-state index in [2.05, 4.69) is 29.6 Å². The molecule has 1 saturated heterocycles. The third-order valence-corrected chi connectivity index (χ3v) is 5.48. The summed E-state index contributed by atoms with van der Waals surface area (Å²) in [6.07, 6.45) is 5.84. The largest absolute Gasteiger partial charge is 0.487 e. The number of nitrogens with one attached hydrogen (secondary N) is 2. The second-order valence-corrected chi connectivity index (χ2v) is 7.86. The molecule has 1 aromatic carbocycles. The van der Waals surface area contributed by atoms with Crippen molar-refractivity contribution in [1.82, 2.24) is 20.4 Å². The third-order valence-electron chi connectivity index (χ3n) is 5.48. The molecule has 26 heavy (non-hydrogen) atoms. The van der Waals surface area contributed by atoms with Crippen LogP contribution in [0.1, 0.15) is 44.7 Å². The fourth-order valence-corrected chi connectivity index (χ4v) is 4.15. The van der Waals surface area contributed by atoms with Crippen molar-refractivity contribution < 1.29 is 9.53 Å². The fraction of sp³-hybridized carbons (Fsp3) is 0.500. The van der Waals surface area contributed by atoms with E-state index in [1.54, 1.807) is 6.20 Å². The minimum absolute atomic E-state index is 0.0419. The monoisotopic (exact) mass is 354 g/mol. The Morgan fingerprint density at radius 2 is 2.04 bits per heavy atom. The Morgan fingerprint density at radius 1 is 1.27 bits per heavy atom. The second-order valence-electron chi connectivity index (χ2n) is 7.86. The SMILES string of the molecule is CC1(C)CC(NC(=O)C2(n3cccn3)CCNCC2)c2ccccc2O1. The van der Waals surface area contributed by atoms with Crippen LogP contribution in [0.15, 0.2) is 42.7 Å². The summed E-state index contributed by atoms with van der Waals surface area (Å²) in [4.78, 5) is 13.5. The maximum absolute atomic E-state index is 13.5. The number of aromatic nitrogens is 2. The fourth-order valence-electron chi connectivity index (χ4n) is 4.15. The summed E-state index contributed by atoms with van der Waals surface area (Å²) < 4.78 is 7.93. The first-order chi connectivity index (χ1) is 12.5. The molecule has 0 radical (unpaired) electrons. The van der Waals surface area contributed by atoms with E-state index in [4.69, 9.17) is 4.74 Å². The molecule has 4 rings (SSSR count). The minimum atomic E-state index is -0.633. The number of piperidine rings is 1. The highest BCUT2D eigenvalue weighted by Gasteiger charge is 2.44. The standard InChI is InChI=1S/C20H26N4O2/c1-19(2)14-16(15-6-3-4-7-17(15)26-19)23-18(25)20(8-11-21-12-9-20)24-13-5-10-22-24/h3-7,10,13,16,21H,8-9,11-12,14H2,1-2H3,(H,23,25). The topological polar surface area (TPSA) is 68.2 Å². The van der Waals surface area contributed by atoms with Crippen molar-refractivity contribution in [3.63, 3.8) is 0 Å². The molecule has 2 aliphatic heterocycles. The quantitative estimate of drug-likeness (QED) is 0.888. The molecule has 2 aliphatic rings. The van der Waals surface area contributed by atoms with E-state index in [-0.39, 0.29) is 17.6 Å². The molecule has 138 valence electrons. The Hall–Kier alpha value is -2.34. The number of hydrogen-bond donors (Lipinski definition) is 2. The van der Waals surface area contributed by atoms with Gasteiger partial charge in [0.05, 0.1) is 6.04 Å². The van der Waals surface area contributed by atoms with Gasteiger partial charge >= 0.3 is 0 Å². The Balaban J connectivity index is 1.64. The normalized spacial score (nSPS) is 23.5. The highest BCUT2D eigenvalue weighted by molar-refractivity contribution is 5.85. The van der Waals surface area contributed by atoms with Crippen LogP contribution in [0, 0.1) is 0 Å². The van der Waals surface area contributed by atoms with E-state index in [1.807, 2.05) is 41.2 Å². The molecular weight excluding hydrogens is 328 g/mol. The zero-order valence-corrected chi connectivity index (χ0v) is 15.4. The van der Waals surface area contributed by atoms with Crippen LogP contribution in [-0.2, 0) is 10.3 Å². The van der Waals surface area contributed by atoms with Gasteiger partial charge in [-0.15, -0.1) is 0 Å². The Morgan fingerprint density at radius 3 is 2.77 bits per heavy atom. The predicted octanol–water partition coefficient (Wildman–Crippen LogP) is 2.38. The summed E-state index contributed by atoms with van der Waals surface area (Å²) in [5.74, 6) is 0.896. The molecule has 1 fully saturated rings. The average Bonchev–Trinajstić information content (AvgIpc) is 3.16. The first-order valence-corrected chi connectivity index (χ1v) is 9.30. The van der Waals surface area contributed by atoms with Crippen LogP contribution in [0.2, 0.25) is 0 Å². The molecule has 0 saturated carbocycles. The second kappa shape index (κ2) is 6.43. The first-order valence-electron chi connectivity index (χ1n) is 9.30. The molecule has 0 aliphatic carbocycles. The van der Waals surface area contributed by atoms with Crippen LogP contribution in [-0.4, -0.2) is 34.4 Å². The maximum Gasteiger partial charge on any atom is 0.248 e. The van der Waals surface area contributed by atoms with Gasteiger partial charge in [0, 0.05) is 24.4 Å². The van der Waals surface area contributed by atoms with Gasteiger partial charge in [0.2, 0.25) is 5.91 Å². The lowest BCUT2D eigenvalue weighted by Gasteiger charge is -2.41. The smallest absolute Gasteiger partial charge is 0.248 e. The average molecular weight is 354 g/mol. The van der Waals surface area contributed by atoms with Crippen molar-refractivity contribution in [2.75, 3.05) is 13.1 Å². The highest BCUT2D eigenvalue weighted by Crippen LogP contribution is 2.40. The molecule has 0 spiro atoms. The zero-order chi connectivity index (χ0) is 18.2. The highest BCUT2D eigenvalue weighted by atomic mass is 16.5. The summed E-state index contributed by atoms with van der Waals surface area (Å²) in [7, 11) is 0. The molecule has 2 N–H and O–H groups in total. The van der Waals surface area contributed by atoms with E-state index in [0.717, 1.165) is 43.7 Å². The van der Waals surface area contributed by atoms with Gasteiger partial charge in [-0.1, -0.05) is 18.2 Å². The molecule has 6 heteroatoms. The van der Waals surface area contributed by atoms with Gasteiger partial charge < -0.3 is 15.4 Å². The van der Waals surface area contributed by atoms with Crippen LogP contribution in [0.25, 0.3) is 0 Å². The Bertz CT molecular complexity index is 779. The number of carbonyl (C=O) groups is 1. The number of amides is 1. The molecule has 3 heterocycles. The summed E-state index contributed by atoms with van der Waals surface area (Å²) >= 11 is 0. The summed E-state index contributed by atoms with van der Waals surface area (Å²) in [5, 5.41) is 11.1. The van der Waals surface area contributed by atoms with Gasteiger partial charge in [0.1, 0.15) is 16.9 Å². The van der Waals surface area contributed by atoms with Crippen LogP contribution in [0.3, 0.4) is 0 Å². The Kier molecular flexibility index (Phi) is 4.23. The third kappa shape index (κ3) is 2.98. The van der Waals surface area contributed by atoms with Gasteiger partial charge in [-0.25, -0.2) is 0 Å². The van der Waals surface area contributed by atoms with Crippen molar-refractivity contribution in [2.24, 2.45) is 0 Å². The number of fused-ring (bicyclic) bond motifs is 1. The lowest BCUT2D eigenvalue weighted by Crippen LogP contribution is -2.56. The van der Waals surface area contributed by atoms with E-state index in [1.165, 1.54) is 0 Å². The molecule has 2 aromatic rings. The van der Waals surface area contributed by atoms with Gasteiger partial charge in [-0.05, 0) is 51.9 Å². The molecule has 1 unspecified atom stereocenters. The van der Waals surface area contributed by atoms with Crippen LogP contribution < -0.4 is 15.4 Å². The van der Waals surface area contributed by atoms with Crippen molar-refractivity contribution >= 4 is 5.91 Å². The number of benzene rings is 1. The number of rotatable bonds is 3. The molecule has 1 atom stereocenters. The minimum Gasteiger partial charge on any atom is -0.487 e. The maximum atomic E-state index is 13.5. The molecule has 6 nitrogen and oxygen atoms in total. The van der Waals surface area contributed by atoms with Crippen molar-refractivity contribution in [3.8, 4) is 5.75 Å². The molecule has 1 aromatic heterocycles. The first kappa shape index (κ1) is 17.1. The van der Waals surface area contributed by atoms with Gasteiger partial charge in [0.15, 0.2) is 0 Å². The van der Waals surface area contributed by atoms with Crippen molar-refractivity contribution in [1.29, 1.82) is 0 Å². The van der Waals surface area contributed by atoms with Crippen LogP contribution in [0.5, 0.6) is 5.75 Å². The zero-order valence-electron chi connectivity index (χ0n) is 15.4. The lowest BCUT2D eigenvalue weighted by atomic mass is 9.85. The van der Waals surface area contributed by atoms with Gasteiger partial charge in [-0.3, -0.25) is 9.48 Å². The van der Waals surface area contributed by atoms with Crippen LogP contribution in [0.4, 0.5) is 0 Å². The molecular formula is C20H26N4O2. The molecule has 1 amide bonds. The van der Waals surface area contributed by atoms with E-state index in [9.17, 15) is 4.79 Å². The molecule has 0 bridgehead atoms. The summed E-state index contributed by atoms with van der Waals surface area (Å²) in [6.45, 7) is 5.75. The summed E-state index contributed by atoms with van der Waals surface area (Å²) in [6, 6.07) is 9.79. The Labute approximate surface area is 153 Å².